The number of carbonyl (C=O) groups is 2. The number of para-hydroxylation sites is 1. The topological polar surface area (TPSA) is 111 Å². The molecule has 0 spiro atoms. The highest BCUT2D eigenvalue weighted by Gasteiger charge is 2.24. The summed E-state index contributed by atoms with van der Waals surface area (Å²) < 4.78 is 6.66. The van der Waals surface area contributed by atoms with E-state index in [9.17, 15) is 19.5 Å². The summed E-state index contributed by atoms with van der Waals surface area (Å²) >= 11 is 12.2. The lowest BCUT2D eigenvalue weighted by molar-refractivity contribution is -0.139. The molecule has 0 saturated carbocycles. The third-order valence-electron chi connectivity index (χ3n) is 5.64. The second kappa shape index (κ2) is 11.3. The van der Waals surface area contributed by atoms with Crippen molar-refractivity contribution in [3.63, 3.8) is 0 Å². The number of ether oxygens (including phenoxy) is 1. The lowest BCUT2D eigenvalue weighted by Crippen LogP contribution is -2.42. The van der Waals surface area contributed by atoms with Crippen molar-refractivity contribution < 1.29 is 19.4 Å². The van der Waals surface area contributed by atoms with Gasteiger partial charge in [0.15, 0.2) is 5.75 Å². The van der Waals surface area contributed by atoms with Crippen molar-refractivity contribution in [2.45, 2.75) is 12.5 Å². The number of nitrogens with zero attached hydrogens (tertiary/aromatic N) is 2. The molecule has 4 rings (SSSR count). The summed E-state index contributed by atoms with van der Waals surface area (Å²) in [6.07, 6.45) is 1.46. The number of nitrogens with one attached hydrogen (secondary N) is 1. The average Bonchev–Trinajstić information content (AvgIpc) is 2.89. The molecule has 1 amide bonds. The van der Waals surface area contributed by atoms with Gasteiger partial charge in [-0.1, -0.05) is 71.7 Å². The first-order valence-corrected chi connectivity index (χ1v) is 11.8. The lowest BCUT2D eigenvalue weighted by atomic mass is 10.0. The lowest BCUT2D eigenvalue weighted by Gasteiger charge is -2.16. The number of aliphatic carboxylic acids is 1. The summed E-state index contributed by atoms with van der Waals surface area (Å²) in [6.45, 7) is 0. The molecule has 0 radical (unpaired) electrons. The fourth-order valence-electron chi connectivity index (χ4n) is 3.80. The van der Waals surface area contributed by atoms with Gasteiger partial charge in [0, 0.05) is 6.42 Å². The van der Waals surface area contributed by atoms with E-state index in [2.05, 4.69) is 10.4 Å². The van der Waals surface area contributed by atoms with Crippen molar-refractivity contribution in [1.82, 2.24) is 15.1 Å². The third-order valence-corrected chi connectivity index (χ3v) is 6.27. The minimum absolute atomic E-state index is 0.00640. The van der Waals surface area contributed by atoms with Gasteiger partial charge in [0.05, 0.1) is 40.2 Å². The zero-order valence-corrected chi connectivity index (χ0v) is 21.0. The molecule has 0 fully saturated rings. The highest BCUT2D eigenvalue weighted by Crippen LogP contribution is 2.27. The van der Waals surface area contributed by atoms with Crippen LogP contribution in [0.3, 0.4) is 0 Å². The predicted molar refractivity (Wildman–Crippen MR) is 141 cm³/mol. The van der Waals surface area contributed by atoms with Crippen LogP contribution in [0, 0.1) is 0 Å². The molecule has 0 aliphatic heterocycles. The van der Waals surface area contributed by atoms with Crippen LogP contribution in [0.15, 0.2) is 83.8 Å². The zero-order chi connectivity index (χ0) is 26.5. The number of carbonyl (C=O) groups excluding carboxylic acids is 1. The van der Waals surface area contributed by atoms with Gasteiger partial charge in [-0.05, 0) is 35.4 Å². The Morgan fingerprint density at radius 3 is 2.24 bits per heavy atom. The number of benzene rings is 3. The molecule has 3 aromatic carbocycles. The van der Waals surface area contributed by atoms with Crippen LogP contribution in [0.5, 0.6) is 5.75 Å². The quantitative estimate of drug-likeness (QED) is 0.338. The molecule has 8 nitrogen and oxygen atoms in total. The van der Waals surface area contributed by atoms with Crippen molar-refractivity contribution >= 4 is 35.1 Å². The Bertz CT molecular complexity index is 1480. The fourth-order valence-corrected chi connectivity index (χ4v) is 4.37. The predicted octanol–water partition coefficient (Wildman–Crippen LogP) is 4.64. The molecule has 4 aromatic rings. The fraction of sp³-hybridized carbons (Fsp3) is 0.111. The first kappa shape index (κ1) is 25.9. The van der Waals surface area contributed by atoms with Gasteiger partial charge in [-0.15, -0.1) is 0 Å². The molecular formula is C27H21Cl2N3O5. The van der Waals surface area contributed by atoms with Gasteiger partial charge in [0.1, 0.15) is 6.04 Å². The molecule has 0 saturated heterocycles. The Hall–Kier alpha value is -4.14. The van der Waals surface area contributed by atoms with Gasteiger partial charge >= 0.3 is 5.97 Å². The van der Waals surface area contributed by atoms with Gasteiger partial charge in [-0.3, -0.25) is 9.59 Å². The molecule has 1 atom stereocenters. The van der Waals surface area contributed by atoms with Crippen molar-refractivity contribution in [2.24, 2.45) is 0 Å². The number of hydrogen-bond donors (Lipinski definition) is 2. The molecule has 0 aliphatic rings. The highest BCUT2D eigenvalue weighted by molar-refractivity contribution is 6.39. The molecule has 0 unspecified atom stereocenters. The van der Waals surface area contributed by atoms with E-state index in [1.54, 1.807) is 54.6 Å². The van der Waals surface area contributed by atoms with E-state index in [-0.39, 0.29) is 27.6 Å². The van der Waals surface area contributed by atoms with Crippen LogP contribution in [0.2, 0.25) is 10.0 Å². The molecule has 1 aromatic heterocycles. The summed E-state index contributed by atoms with van der Waals surface area (Å²) in [5.74, 6) is -1.61. The Kier molecular flexibility index (Phi) is 7.91. The number of aromatic nitrogens is 2. The Morgan fingerprint density at radius 1 is 1.00 bits per heavy atom. The molecule has 2 N–H and O–H groups in total. The van der Waals surface area contributed by atoms with E-state index in [0.29, 0.717) is 28.1 Å². The average molecular weight is 538 g/mol. The molecule has 1 heterocycles. The maximum Gasteiger partial charge on any atom is 0.326 e. The van der Waals surface area contributed by atoms with Gasteiger partial charge in [-0.2, -0.15) is 9.78 Å². The van der Waals surface area contributed by atoms with Gasteiger partial charge in [0.2, 0.25) is 0 Å². The van der Waals surface area contributed by atoms with Crippen LogP contribution in [-0.4, -0.2) is 39.9 Å². The number of amides is 1. The van der Waals surface area contributed by atoms with Crippen molar-refractivity contribution in [1.29, 1.82) is 0 Å². The van der Waals surface area contributed by atoms with Crippen LogP contribution >= 0.6 is 23.2 Å². The van der Waals surface area contributed by atoms with Crippen molar-refractivity contribution in [3.8, 4) is 22.6 Å². The third kappa shape index (κ3) is 5.66. The van der Waals surface area contributed by atoms with Crippen LogP contribution in [0.25, 0.3) is 16.8 Å². The smallest absolute Gasteiger partial charge is 0.326 e. The van der Waals surface area contributed by atoms with Gasteiger partial charge in [0.25, 0.3) is 11.5 Å². The van der Waals surface area contributed by atoms with Crippen LogP contribution in [0.1, 0.15) is 15.9 Å². The highest BCUT2D eigenvalue weighted by atomic mass is 35.5. The number of rotatable bonds is 8. The Labute approximate surface area is 222 Å². The van der Waals surface area contributed by atoms with Crippen LogP contribution in [-0.2, 0) is 11.2 Å². The Morgan fingerprint density at radius 2 is 1.65 bits per heavy atom. The summed E-state index contributed by atoms with van der Waals surface area (Å²) in [7, 11) is 1.45. The molecule has 10 heteroatoms. The maximum atomic E-state index is 13.3. The van der Waals surface area contributed by atoms with Crippen LogP contribution < -0.4 is 15.6 Å². The normalized spacial score (nSPS) is 11.5. The number of methoxy groups -OCH3 is 1. The van der Waals surface area contributed by atoms with Gasteiger partial charge < -0.3 is 15.2 Å². The van der Waals surface area contributed by atoms with E-state index in [0.717, 1.165) is 0 Å². The summed E-state index contributed by atoms with van der Waals surface area (Å²) in [5, 5.41) is 16.6. The zero-order valence-electron chi connectivity index (χ0n) is 19.5. The number of carboxylic acid groups (broad SMARTS) is 1. The number of halogens is 2. The Balaban J connectivity index is 1.60. The first-order chi connectivity index (χ1) is 17.8. The largest absolute Gasteiger partial charge is 0.494 e. The molecular weight excluding hydrogens is 517 g/mol. The van der Waals surface area contributed by atoms with E-state index in [4.69, 9.17) is 27.9 Å². The summed E-state index contributed by atoms with van der Waals surface area (Å²) in [5.41, 5.74) is 1.74. The van der Waals surface area contributed by atoms with Gasteiger partial charge in [-0.25, -0.2) is 4.79 Å². The van der Waals surface area contributed by atoms with E-state index in [1.165, 1.54) is 30.1 Å². The summed E-state index contributed by atoms with van der Waals surface area (Å²) in [4.78, 5) is 37.9. The van der Waals surface area contributed by atoms with E-state index < -0.39 is 17.9 Å². The summed E-state index contributed by atoms with van der Waals surface area (Å²) in [6, 6.07) is 19.1. The molecule has 37 heavy (non-hydrogen) atoms. The van der Waals surface area contributed by atoms with E-state index >= 15 is 0 Å². The SMILES string of the molecule is COc1cnn(-c2ccccc2)c(=O)c1-c1ccc(C[C@H](NC(=O)c2c(Cl)cccc2Cl)C(=O)O)cc1. The second-order valence-corrected chi connectivity index (χ2v) is 8.82. The monoisotopic (exact) mass is 537 g/mol. The standard InChI is InChI=1S/C27H21Cl2N3O5/c1-37-22-15-30-32(18-6-3-2-4-7-18)26(34)23(22)17-12-10-16(11-13-17)14-21(27(35)36)31-25(33)24-19(28)8-5-9-20(24)29/h2-13,15,21H,14H2,1H3,(H,31,33)(H,35,36)/t21-/m0/s1. The minimum atomic E-state index is -1.24. The van der Waals surface area contributed by atoms with Crippen molar-refractivity contribution in [2.75, 3.05) is 7.11 Å². The second-order valence-electron chi connectivity index (χ2n) is 8.00. The number of hydrogen-bond acceptors (Lipinski definition) is 5. The molecule has 0 aliphatic carbocycles. The molecule has 0 bridgehead atoms. The number of carboxylic acids is 1. The van der Waals surface area contributed by atoms with E-state index in [1.807, 2.05) is 6.07 Å². The first-order valence-electron chi connectivity index (χ1n) is 11.1. The van der Waals surface area contributed by atoms with Crippen molar-refractivity contribution in [3.05, 3.63) is 111 Å². The maximum absolute atomic E-state index is 13.3. The minimum Gasteiger partial charge on any atom is -0.494 e. The van der Waals surface area contributed by atoms with Crippen LogP contribution in [0.4, 0.5) is 0 Å². The molecule has 188 valence electrons.